The van der Waals surface area contributed by atoms with Crippen LogP contribution in [0.5, 0.6) is 0 Å². The lowest BCUT2D eigenvalue weighted by molar-refractivity contribution is 0.122. The number of rotatable bonds is 5. The number of nitrogens with zero attached hydrogens (tertiary/aromatic N) is 4. The lowest BCUT2D eigenvalue weighted by Gasteiger charge is -2.29. The summed E-state index contributed by atoms with van der Waals surface area (Å²) in [6.07, 6.45) is 0. The van der Waals surface area contributed by atoms with Crippen LogP contribution in [0.1, 0.15) is 16.7 Å². The number of ether oxygens (including phenoxy) is 1. The topological polar surface area (TPSA) is 65.6 Å². The van der Waals surface area contributed by atoms with Crippen LogP contribution in [0, 0.1) is 5.82 Å². The third-order valence-electron chi connectivity index (χ3n) is 5.79. The molecule has 0 atom stereocenters. The number of nitrogens with one attached hydrogen (secondary N) is 2. The monoisotopic (exact) mass is 464 g/mol. The van der Waals surface area contributed by atoms with Gasteiger partial charge in [0.05, 0.1) is 13.2 Å². The maximum absolute atomic E-state index is 13.1. The third kappa shape index (κ3) is 5.20. The van der Waals surface area contributed by atoms with Gasteiger partial charge in [-0.3, -0.25) is 0 Å². The Morgan fingerprint density at radius 1 is 0.939 bits per heavy atom. The summed E-state index contributed by atoms with van der Waals surface area (Å²) in [5.74, 6) is 1.89. The van der Waals surface area contributed by atoms with Gasteiger partial charge in [-0.05, 0) is 41.0 Å². The molecule has 33 heavy (non-hydrogen) atoms. The Hall–Kier alpha value is -3.30. The molecule has 0 aliphatic carbocycles. The van der Waals surface area contributed by atoms with Crippen molar-refractivity contribution in [2.24, 2.45) is 0 Å². The van der Waals surface area contributed by atoms with Crippen molar-refractivity contribution < 1.29 is 9.13 Å². The van der Waals surface area contributed by atoms with E-state index < -0.39 is 0 Å². The first-order valence-corrected chi connectivity index (χ1v) is 11.4. The molecule has 3 heterocycles. The first kappa shape index (κ1) is 21.5. The summed E-state index contributed by atoms with van der Waals surface area (Å²) < 4.78 is 18.6. The molecule has 7 nitrogen and oxygen atoms in total. The fourth-order valence-electron chi connectivity index (χ4n) is 4.02. The summed E-state index contributed by atoms with van der Waals surface area (Å²) in [5.41, 5.74) is 3.56. The second-order valence-corrected chi connectivity index (χ2v) is 8.47. The lowest BCUT2D eigenvalue weighted by atomic mass is 10.1. The van der Waals surface area contributed by atoms with E-state index in [0.717, 1.165) is 43.4 Å². The molecule has 0 spiro atoms. The molecule has 5 rings (SSSR count). The highest BCUT2D eigenvalue weighted by Gasteiger charge is 2.23. The van der Waals surface area contributed by atoms with Crippen molar-refractivity contribution in [3.63, 3.8) is 0 Å². The normalized spacial score (nSPS) is 15.3. The van der Waals surface area contributed by atoms with Crippen molar-refractivity contribution in [1.82, 2.24) is 15.3 Å². The molecule has 1 aromatic heterocycles. The number of hydrogen-bond acceptors (Lipinski definition) is 6. The molecule has 0 saturated carbocycles. The fraction of sp³-hybridized carbons (Fsp3) is 0.292. The first-order valence-electron chi connectivity index (χ1n) is 11.0. The summed E-state index contributed by atoms with van der Waals surface area (Å²) in [7, 11) is 0. The minimum Gasteiger partial charge on any atom is -0.378 e. The summed E-state index contributed by atoms with van der Waals surface area (Å²) in [6, 6.07) is 16.8. The van der Waals surface area contributed by atoms with E-state index in [-0.39, 0.29) is 5.82 Å². The Balaban J connectivity index is 1.33. The number of hydrogen-bond donors (Lipinski definition) is 2. The lowest BCUT2D eigenvalue weighted by Crippen LogP contribution is -2.37. The summed E-state index contributed by atoms with van der Waals surface area (Å²) >= 11 is 5.47. The Bertz CT molecular complexity index is 1110. The number of anilines is 3. The SMILES string of the molecule is Fc1ccc(CNC(=S)Nc2nc(N3CCOCC3)cc(N3Cc4ccccc4C3)n2)cc1. The van der Waals surface area contributed by atoms with Gasteiger partial charge in [0.15, 0.2) is 5.11 Å². The first-order chi connectivity index (χ1) is 16.1. The van der Waals surface area contributed by atoms with Crippen LogP contribution in [-0.4, -0.2) is 41.4 Å². The van der Waals surface area contributed by atoms with E-state index in [0.29, 0.717) is 30.8 Å². The van der Waals surface area contributed by atoms with E-state index in [1.807, 2.05) is 6.07 Å². The fourth-order valence-corrected chi connectivity index (χ4v) is 4.18. The predicted molar refractivity (Wildman–Crippen MR) is 131 cm³/mol. The van der Waals surface area contributed by atoms with Gasteiger partial charge in [0, 0.05) is 38.8 Å². The van der Waals surface area contributed by atoms with E-state index in [9.17, 15) is 4.39 Å². The minimum absolute atomic E-state index is 0.260. The van der Waals surface area contributed by atoms with Crippen molar-refractivity contribution in [3.05, 3.63) is 77.1 Å². The molecule has 0 unspecified atom stereocenters. The standard InChI is InChI=1S/C24H25FN6OS/c25-20-7-5-17(6-8-20)14-26-24(33)29-23-27-21(30-9-11-32-12-10-30)13-22(28-23)31-15-18-3-1-2-4-19(18)16-31/h1-8,13H,9-12,14-16H2,(H2,26,27,28,29,33). The molecule has 2 aromatic carbocycles. The largest absolute Gasteiger partial charge is 0.378 e. The van der Waals surface area contributed by atoms with E-state index in [4.69, 9.17) is 26.9 Å². The van der Waals surface area contributed by atoms with E-state index in [1.165, 1.54) is 23.3 Å². The molecule has 9 heteroatoms. The summed E-state index contributed by atoms with van der Waals surface area (Å²) in [6.45, 7) is 5.00. The highest BCUT2D eigenvalue weighted by atomic mass is 32.1. The Morgan fingerprint density at radius 3 is 2.24 bits per heavy atom. The van der Waals surface area contributed by atoms with Crippen LogP contribution in [0.4, 0.5) is 22.0 Å². The van der Waals surface area contributed by atoms with Crippen molar-refractivity contribution in [2.45, 2.75) is 19.6 Å². The molecule has 0 bridgehead atoms. The maximum Gasteiger partial charge on any atom is 0.232 e. The van der Waals surface area contributed by atoms with E-state index in [1.54, 1.807) is 12.1 Å². The second-order valence-electron chi connectivity index (χ2n) is 8.07. The molecule has 170 valence electrons. The molecule has 3 aromatic rings. The Morgan fingerprint density at radius 2 is 1.58 bits per heavy atom. The molecule has 2 aliphatic rings. The van der Waals surface area contributed by atoms with Gasteiger partial charge >= 0.3 is 0 Å². The van der Waals surface area contributed by atoms with Crippen LogP contribution in [0.25, 0.3) is 0 Å². The second kappa shape index (κ2) is 9.68. The van der Waals surface area contributed by atoms with Gasteiger partial charge < -0.3 is 25.2 Å². The van der Waals surface area contributed by atoms with Gasteiger partial charge in [0.1, 0.15) is 17.5 Å². The van der Waals surface area contributed by atoms with Crippen LogP contribution < -0.4 is 20.4 Å². The van der Waals surface area contributed by atoms with Crippen molar-refractivity contribution >= 4 is 34.9 Å². The van der Waals surface area contributed by atoms with Gasteiger partial charge in [-0.25, -0.2) is 4.39 Å². The number of aromatic nitrogens is 2. The summed E-state index contributed by atoms with van der Waals surface area (Å²) in [5, 5.41) is 6.68. The predicted octanol–water partition coefficient (Wildman–Crippen LogP) is 3.46. The summed E-state index contributed by atoms with van der Waals surface area (Å²) in [4.78, 5) is 14.0. The van der Waals surface area contributed by atoms with E-state index in [2.05, 4.69) is 44.7 Å². The van der Waals surface area contributed by atoms with Gasteiger partial charge in [-0.2, -0.15) is 9.97 Å². The van der Waals surface area contributed by atoms with Crippen molar-refractivity contribution in [2.75, 3.05) is 41.4 Å². The Kier molecular flexibility index (Phi) is 6.32. The average Bonchev–Trinajstić information content (AvgIpc) is 3.29. The molecular weight excluding hydrogens is 439 g/mol. The van der Waals surface area contributed by atoms with Crippen LogP contribution in [0.15, 0.2) is 54.6 Å². The van der Waals surface area contributed by atoms with Gasteiger partial charge in [-0.15, -0.1) is 0 Å². The molecule has 2 N–H and O–H groups in total. The van der Waals surface area contributed by atoms with Crippen LogP contribution >= 0.6 is 12.2 Å². The minimum atomic E-state index is -0.260. The highest BCUT2D eigenvalue weighted by Crippen LogP contribution is 2.29. The molecule has 1 saturated heterocycles. The van der Waals surface area contributed by atoms with Crippen molar-refractivity contribution in [3.8, 4) is 0 Å². The van der Waals surface area contributed by atoms with Crippen molar-refractivity contribution in [1.29, 1.82) is 0 Å². The number of fused-ring (bicyclic) bond motifs is 1. The van der Waals surface area contributed by atoms with E-state index >= 15 is 0 Å². The molecular formula is C24H25FN6OS. The van der Waals surface area contributed by atoms with Crippen LogP contribution in [-0.2, 0) is 24.4 Å². The van der Waals surface area contributed by atoms with Crippen LogP contribution in [0.3, 0.4) is 0 Å². The highest BCUT2D eigenvalue weighted by molar-refractivity contribution is 7.80. The zero-order chi connectivity index (χ0) is 22.6. The van der Waals surface area contributed by atoms with Crippen LogP contribution in [0.2, 0.25) is 0 Å². The zero-order valence-corrected chi connectivity index (χ0v) is 18.9. The number of morpholine rings is 1. The maximum atomic E-state index is 13.1. The average molecular weight is 465 g/mol. The molecule has 2 aliphatic heterocycles. The quantitative estimate of drug-likeness (QED) is 0.557. The molecule has 0 radical (unpaired) electrons. The zero-order valence-electron chi connectivity index (χ0n) is 18.1. The van der Waals surface area contributed by atoms with Gasteiger partial charge in [0.25, 0.3) is 0 Å². The molecule has 0 amide bonds. The number of thiocarbonyl (C=S) groups is 1. The third-order valence-corrected chi connectivity index (χ3v) is 6.04. The number of halogens is 1. The smallest absolute Gasteiger partial charge is 0.232 e. The number of benzene rings is 2. The van der Waals surface area contributed by atoms with Gasteiger partial charge in [-0.1, -0.05) is 36.4 Å². The molecule has 1 fully saturated rings. The van der Waals surface area contributed by atoms with Gasteiger partial charge in [0.2, 0.25) is 5.95 Å². The Labute approximate surface area is 197 Å².